The Balaban J connectivity index is 1.17. The summed E-state index contributed by atoms with van der Waals surface area (Å²) in [5.74, 6) is 0. The van der Waals surface area contributed by atoms with E-state index in [4.69, 9.17) is 14.5 Å². The fraction of sp³-hybridized carbons (Fsp3) is 0.364. The van der Waals surface area contributed by atoms with Crippen molar-refractivity contribution in [1.82, 2.24) is 44.4 Å². The number of aromatic nitrogens is 9. The van der Waals surface area contributed by atoms with Crippen LogP contribution in [0.25, 0.3) is 28.1 Å². The molecule has 1 aliphatic heterocycles. The number of ether oxygens (including phenoxy) is 2. The number of rotatable bonds is 7. The second kappa shape index (κ2) is 8.68. The molecule has 0 aromatic carbocycles. The average Bonchev–Trinajstić information content (AvgIpc) is 3.60. The highest BCUT2D eigenvalue weighted by Gasteiger charge is 2.15. The summed E-state index contributed by atoms with van der Waals surface area (Å²) in [6.45, 7) is 2.51. The zero-order chi connectivity index (χ0) is 22.0. The van der Waals surface area contributed by atoms with Gasteiger partial charge in [-0.15, -0.1) is 5.10 Å². The molecule has 0 saturated carbocycles. The molecule has 11 nitrogen and oxygen atoms in total. The van der Waals surface area contributed by atoms with Gasteiger partial charge in [0.1, 0.15) is 0 Å². The molecule has 1 saturated heterocycles. The fourth-order valence-electron chi connectivity index (χ4n) is 3.98. The summed E-state index contributed by atoms with van der Waals surface area (Å²) in [6, 6.07) is 6.04. The Labute approximate surface area is 189 Å². The highest BCUT2D eigenvalue weighted by Crippen LogP contribution is 2.19. The highest BCUT2D eigenvalue weighted by molar-refractivity contribution is 5.69. The van der Waals surface area contributed by atoms with E-state index in [0.717, 1.165) is 48.2 Å². The van der Waals surface area contributed by atoms with Gasteiger partial charge in [0.2, 0.25) is 5.65 Å². The lowest BCUT2D eigenvalue weighted by Crippen LogP contribution is -2.24. The lowest BCUT2D eigenvalue weighted by molar-refractivity contribution is -0.163. The number of pyridine rings is 1. The zero-order valence-corrected chi connectivity index (χ0v) is 18.0. The van der Waals surface area contributed by atoms with E-state index in [-0.39, 0.29) is 6.29 Å². The number of hydrogen-bond acceptors (Lipinski definition) is 8. The molecule has 5 aromatic rings. The van der Waals surface area contributed by atoms with Gasteiger partial charge in [-0.05, 0) is 43.0 Å². The maximum atomic E-state index is 5.81. The molecule has 1 unspecified atom stereocenters. The van der Waals surface area contributed by atoms with Crippen LogP contribution in [0.5, 0.6) is 0 Å². The summed E-state index contributed by atoms with van der Waals surface area (Å²) < 4.78 is 16.8. The minimum atomic E-state index is -0.0930. The van der Waals surface area contributed by atoms with Crippen LogP contribution in [-0.4, -0.2) is 63.9 Å². The van der Waals surface area contributed by atoms with E-state index in [1.807, 2.05) is 33.7 Å². The molecular weight excluding hydrogens is 422 g/mol. The van der Waals surface area contributed by atoms with Crippen LogP contribution < -0.4 is 0 Å². The molecule has 1 aliphatic rings. The van der Waals surface area contributed by atoms with Crippen molar-refractivity contribution >= 4 is 16.8 Å². The van der Waals surface area contributed by atoms with Gasteiger partial charge in [0.25, 0.3) is 0 Å². The van der Waals surface area contributed by atoms with Gasteiger partial charge in [-0.25, -0.2) is 19.2 Å². The third kappa shape index (κ3) is 4.20. The molecule has 33 heavy (non-hydrogen) atoms. The molecule has 1 atom stereocenters. The van der Waals surface area contributed by atoms with Gasteiger partial charge in [-0.3, -0.25) is 4.68 Å². The molecule has 5 aromatic heterocycles. The first-order valence-corrected chi connectivity index (χ1v) is 11.1. The van der Waals surface area contributed by atoms with Crippen LogP contribution in [0.15, 0.2) is 49.2 Å². The van der Waals surface area contributed by atoms with Gasteiger partial charge in [0, 0.05) is 30.8 Å². The molecule has 1 fully saturated rings. The van der Waals surface area contributed by atoms with Crippen molar-refractivity contribution in [2.75, 3.05) is 13.2 Å². The van der Waals surface area contributed by atoms with Crippen molar-refractivity contribution in [3.63, 3.8) is 0 Å². The van der Waals surface area contributed by atoms with Crippen molar-refractivity contribution in [1.29, 1.82) is 0 Å². The maximum absolute atomic E-state index is 5.81. The third-order valence-electron chi connectivity index (χ3n) is 5.71. The smallest absolute Gasteiger partial charge is 0.221 e. The first kappa shape index (κ1) is 19.9. The van der Waals surface area contributed by atoms with Crippen LogP contribution in [0.4, 0.5) is 0 Å². The number of fused-ring (bicyclic) bond motifs is 2. The van der Waals surface area contributed by atoms with E-state index < -0.39 is 0 Å². The quantitative estimate of drug-likeness (QED) is 0.375. The lowest BCUT2D eigenvalue weighted by Gasteiger charge is -2.22. The number of hydrogen-bond donors (Lipinski definition) is 0. The molecule has 0 spiro atoms. The molecule has 0 amide bonds. The zero-order valence-electron chi connectivity index (χ0n) is 18.0. The lowest BCUT2D eigenvalue weighted by atomic mass is 10.2. The highest BCUT2D eigenvalue weighted by atomic mass is 16.7. The van der Waals surface area contributed by atoms with Crippen LogP contribution in [0, 0.1) is 0 Å². The first-order chi connectivity index (χ1) is 16.3. The normalized spacial score (nSPS) is 16.7. The van der Waals surface area contributed by atoms with E-state index in [1.165, 1.54) is 0 Å². The Morgan fingerprint density at radius 1 is 1.15 bits per heavy atom. The van der Waals surface area contributed by atoms with E-state index in [0.29, 0.717) is 31.0 Å². The Kier molecular flexibility index (Phi) is 5.25. The third-order valence-corrected chi connectivity index (χ3v) is 5.71. The van der Waals surface area contributed by atoms with Crippen molar-refractivity contribution in [3.8, 4) is 11.3 Å². The monoisotopic (exact) mass is 445 g/mol. The molecule has 0 N–H and O–H groups in total. The van der Waals surface area contributed by atoms with Crippen LogP contribution in [0.2, 0.25) is 0 Å². The standard InChI is InChI=1S/C22H23N9O2/c1-2-9-32-20(3-1)33-10-8-29-15-17(12-25-29)19-13-23-21-22(26-19)31(28-27-21)14-16-5-7-30-18(11-16)4-6-24-30/h4-7,11-13,15,20H,1-3,8-10,14H2. The van der Waals surface area contributed by atoms with Gasteiger partial charge in [-0.1, -0.05) is 5.21 Å². The molecule has 0 radical (unpaired) electrons. The molecular formula is C22H23N9O2. The SMILES string of the molecule is c1cc2cc(Cn3nnc4ncc(-c5cnn(CCOC6CCCCO6)c5)nc43)ccn2n1. The second-order valence-electron chi connectivity index (χ2n) is 8.04. The predicted octanol–water partition coefficient (Wildman–Crippen LogP) is 2.32. The molecule has 6 rings (SSSR count). The summed E-state index contributed by atoms with van der Waals surface area (Å²) in [4.78, 5) is 9.22. The van der Waals surface area contributed by atoms with Gasteiger partial charge in [0.15, 0.2) is 11.9 Å². The summed E-state index contributed by atoms with van der Waals surface area (Å²) >= 11 is 0. The fourth-order valence-corrected chi connectivity index (χ4v) is 3.98. The van der Waals surface area contributed by atoms with Crippen molar-refractivity contribution < 1.29 is 9.47 Å². The molecule has 168 valence electrons. The van der Waals surface area contributed by atoms with E-state index in [9.17, 15) is 0 Å². The second-order valence-corrected chi connectivity index (χ2v) is 8.04. The Hall–Kier alpha value is -3.70. The summed E-state index contributed by atoms with van der Waals surface area (Å²) in [5, 5.41) is 17.1. The largest absolute Gasteiger partial charge is 0.353 e. The minimum Gasteiger partial charge on any atom is -0.353 e. The summed E-state index contributed by atoms with van der Waals surface area (Å²) in [5.41, 5.74) is 4.85. The summed E-state index contributed by atoms with van der Waals surface area (Å²) in [7, 11) is 0. The van der Waals surface area contributed by atoms with Crippen molar-refractivity contribution in [2.24, 2.45) is 0 Å². The van der Waals surface area contributed by atoms with Gasteiger partial charge in [0.05, 0.1) is 43.3 Å². The van der Waals surface area contributed by atoms with Gasteiger partial charge < -0.3 is 9.47 Å². The van der Waals surface area contributed by atoms with Crippen LogP contribution in [0.3, 0.4) is 0 Å². The molecule has 11 heteroatoms. The molecule has 6 heterocycles. The van der Waals surface area contributed by atoms with Gasteiger partial charge >= 0.3 is 0 Å². The Morgan fingerprint density at radius 3 is 3.09 bits per heavy atom. The van der Waals surface area contributed by atoms with E-state index in [1.54, 1.807) is 23.3 Å². The maximum Gasteiger partial charge on any atom is 0.221 e. The average molecular weight is 445 g/mol. The topological polar surface area (TPSA) is 110 Å². The van der Waals surface area contributed by atoms with Crippen LogP contribution in [0.1, 0.15) is 24.8 Å². The summed E-state index contributed by atoms with van der Waals surface area (Å²) in [6.07, 6.45) is 12.3. The minimum absolute atomic E-state index is 0.0930. The van der Waals surface area contributed by atoms with Crippen LogP contribution in [-0.2, 0) is 22.6 Å². The van der Waals surface area contributed by atoms with Crippen molar-refractivity contribution in [3.05, 3.63) is 54.7 Å². The molecule has 0 aliphatic carbocycles. The van der Waals surface area contributed by atoms with Crippen LogP contribution >= 0.6 is 0 Å². The molecule has 0 bridgehead atoms. The Bertz CT molecular complexity index is 1380. The first-order valence-electron chi connectivity index (χ1n) is 11.1. The van der Waals surface area contributed by atoms with Gasteiger partial charge in [-0.2, -0.15) is 10.2 Å². The van der Waals surface area contributed by atoms with Crippen molar-refractivity contribution in [2.45, 2.75) is 38.6 Å². The predicted molar refractivity (Wildman–Crippen MR) is 118 cm³/mol. The van der Waals surface area contributed by atoms with E-state index >= 15 is 0 Å². The Morgan fingerprint density at radius 2 is 2.15 bits per heavy atom. The number of nitrogens with zero attached hydrogens (tertiary/aromatic N) is 9. The van der Waals surface area contributed by atoms with E-state index in [2.05, 4.69) is 31.6 Å².